The van der Waals surface area contributed by atoms with Crippen molar-refractivity contribution in [2.24, 2.45) is 0 Å². The fraction of sp³-hybridized carbons (Fsp3) is 0. The van der Waals surface area contributed by atoms with Gasteiger partial charge in [0.2, 0.25) is 0 Å². The third-order valence-corrected chi connectivity index (χ3v) is 3.84. The van der Waals surface area contributed by atoms with Crippen LogP contribution in [0.15, 0.2) is 46.9 Å². The lowest BCUT2D eigenvalue weighted by Gasteiger charge is -2.10. The van der Waals surface area contributed by atoms with Gasteiger partial charge >= 0.3 is 0 Å². The molecule has 17 heavy (non-hydrogen) atoms. The lowest BCUT2D eigenvalue weighted by atomic mass is 10.2. The van der Waals surface area contributed by atoms with E-state index in [0.29, 0.717) is 5.56 Å². The summed E-state index contributed by atoms with van der Waals surface area (Å²) in [7, 11) is 0. The predicted octanol–water partition coefficient (Wildman–Crippen LogP) is 4.67. The van der Waals surface area contributed by atoms with Crippen molar-refractivity contribution in [3.63, 3.8) is 0 Å². The van der Waals surface area contributed by atoms with E-state index >= 15 is 0 Å². The number of benzene rings is 2. The van der Waals surface area contributed by atoms with Gasteiger partial charge in [0.1, 0.15) is 0 Å². The Morgan fingerprint density at radius 2 is 1.88 bits per heavy atom. The molecule has 0 radical (unpaired) electrons. The van der Waals surface area contributed by atoms with Crippen molar-refractivity contribution in [3.05, 3.63) is 56.1 Å². The van der Waals surface area contributed by atoms with Gasteiger partial charge in [0, 0.05) is 8.04 Å². The summed E-state index contributed by atoms with van der Waals surface area (Å²) in [5.41, 5.74) is 2.65. The summed E-state index contributed by atoms with van der Waals surface area (Å²) in [6.45, 7) is 0. The Bertz CT molecular complexity index is 590. The topological polar surface area (TPSA) is 35.8 Å². The average Bonchev–Trinajstić information content (AvgIpc) is 2.34. The van der Waals surface area contributed by atoms with Crippen LogP contribution in [-0.4, -0.2) is 0 Å². The highest BCUT2D eigenvalue weighted by atomic mass is 127. The molecular weight excluding hydrogens is 391 g/mol. The summed E-state index contributed by atoms with van der Waals surface area (Å²) in [5.74, 6) is 0. The SMILES string of the molecule is N#Cc1ccc(Nc2ccccc2I)c(Br)c1. The minimum Gasteiger partial charge on any atom is -0.354 e. The van der Waals surface area contributed by atoms with Crippen LogP contribution in [0.5, 0.6) is 0 Å². The third-order valence-electron chi connectivity index (χ3n) is 2.24. The Hall–Kier alpha value is -1.06. The van der Waals surface area contributed by atoms with Crippen LogP contribution in [0.25, 0.3) is 0 Å². The number of anilines is 2. The lowest BCUT2D eigenvalue weighted by molar-refractivity contribution is 1.45. The highest BCUT2D eigenvalue weighted by Crippen LogP contribution is 2.28. The lowest BCUT2D eigenvalue weighted by Crippen LogP contribution is -1.93. The highest BCUT2D eigenvalue weighted by molar-refractivity contribution is 14.1. The zero-order valence-corrected chi connectivity index (χ0v) is 12.5. The third kappa shape index (κ3) is 2.99. The van der Waals surface area contributed by atoms with Crippen molar-refractivity contribution < 1.29 is 0 Å². The monoisotopic (exact) mass is 398 g/mol. The summed E-state index contributed by atoms with van der Waals surface area (Å²) >= 11 is 5.74. The van der Waals surface area contributed by atoms with Crippen molar-refractivity contribution in [2.45, 2.75) is 0 Å². The zero-order valence-electron chi connectivity index (χ0n) is 8.74. The van der Waals surface area contributed by atoms with Crippen LogP contribution >= 0.6 is 38.5 Å². The Kier molecular flexibility index (Phi) is 4.02. The summed E-state index contributed by atoms with van der Waals surface area (Å²) in [4.78, 5) is 0. The van der Waals surface area contributed by atoms with Crippen molar-refractivity contribution >= 4 is 49.9 Å². The second-order valence-corrected chi connectivity index (χ2v) is 5.43. The molecule has 0 aliphatic carbocycles. The molecular formula is C13H8BrIN2. The first-order chi connectivity index (χ1) is 8.20. The number of nitriles is 1. The van der Waals surface area contributed by atoms with Gasteiger partial charge < -0.3 is 5.32 Å². The van der Waals surface area contributed by atoms with E-state index in [1.165, 1.54) is 0 Å². The molecule has 0 saturated heterocycles. The first-order valence-corrected chi connectivity index (χ1v) is 6.79. The molecule has 0 aromatic heterocycles. The number of nitrogens with zero attached hydrogens (tertiary/aromatic N) is 1. The van der Waals surface area contributed by atoms with Gasteiger partial charge in [-0.05, 0) is 68.9 Å². The van der Waals surface area contributed by atoms with Crippen molar-refractivity contribution in [3.8, 4) is 6.07 Å². The minimum absolute atomic E-state index is 0.644. The zero-order chi connectivity index (χ0) is 12.3. The molecule has 2 rings (SSSR count). The molecule has 84 valence electrons. The molecule has 4 heteroatoms. The van der Waals surface area contributed by atoms with Crippen LogP contribution in [0.1, 0.15) is 5.56 Å². The van der Waals surface area contributed by atoms with Gasteiger partial charge in [-0.25, -0.2) is 0 Å². The van der Waals surface area contributed by atoms with Crippen molar-refractivity contribution in [2.75, 3.05) is 5.32 Å². The molecule has 0 amide bonds. The molecule has 2 aromatic rings. The molecule has 0 atom stereocenters. The van der Waals surface area contributed by atoms with E-state index in [0.717, 1.165) is 19.4 Å². The van der Waals surface area contributed by atoms with Crippen LogP contribution in [0.4, 0.5) is 11.4 Å². The van der Waals surface area contributed by atoms with E-state index in [1.54, 1.807) is 12.1 Å². The number of rotatable bonds is 2. The fourth-order valence-electron chi connectivity index (χ4n) is 1.39. The molecule has 2 nitrogen and oxygen atoms in total. The molecule has 0 aliphatic heterocycles. The van der Waals surface area contributed by atoms with Crippen molar-refractivity contribution in [1.82, 2.24) is 0 Å². The maximum Gasteiger partial charge on any atom is 0.0992 e. The molecule has 0 saturated carbocycles. The number of nitrogens with one attached hydrogen (secondary N) is 1. The first-order valence-electron chi connectivity index (χ1n) is 4.92. The number of halogens is 2. The van der Waals surface area contributed by atoms with E-state index in [9.17, 15) is 0 Å². The second-order valence-electron chi connectivity index (χ2n) is 3.41. The van der Waals surface area contributed by atoms with Crippen LogP contribution < -0.4 is 5.32 Å². The van der Waals surface area contributed by atoms with Crippen LogP contribution in [0.3, 0.4) is 0 Å². The Morgan fingerprint density at radius 3 is 2.53 bits per heavy atom. The number of para-hydroxylation sites is 1. The standard InChI is InChI=1S/C13H8BrIN2/c14-10-7-9(8-16)5-6-12(10)17-13-4-2-1-3-11(13)15/h1-7,17H. The second kappa shape index (κ2) is 5.52. The van der Waals surface area contributed by atoms with Gasteiger partial charge in [-0.2, -0.15) is 5.26 Å². The van der Waals surface area contributed by atoms with Gasteiger partial charge in [0.05, 0.1) is 23.0 Å². The summed E-state index contributed by atoms with van der Waals surface area (Å²) in [5, 5.41) is 12.1. The van der Waals surface area contributed by atoms with E-state index in [2.05, 4.69) is 49.9 Å². The molecule has 0 heterocycles. The Labute approximate surface area is 122 Å². The summed E-state index contributed by atoms with van der Waals surface area (Å²) in [6.07, 6.45) is 0. The largest absolute Gasteiger partial charge is 0.354 e. The smallest absolute Gasteiger partial charge is 0.0992 e. The Balaban J connectivity index is 2.32. The predicted molar refractivity (Wildman–Crippen MR) is 81.3 cm³/mol. The first kappa shape index (κ1) is 12.4. The van der Waals surface area contributed by atoms with Gasteiger partial charge in [-0.1, -0.05) is 12.1 Å². The van der Waals surface area contributed by atoms with Gasteiger partial charge in [-0.3, -0.25) is 0 Å². The normalized spacial score (nSPS) is 9.71. The molecule has 0 bridgehead atoms. The highest BCUT2D eigenvalue weighted by Gasteiger charge is 2.03. The number of hydrogen-bond donors (Lipinski definition) is 1. The molecule has 1 N–H and O–H groups in total. The van der Waals surface area contributed by atoms with E-state index in [-0.39, 0.29) is 0 Å². The van der Waals surface area contributed by atoms with E-state index in [4.69, 9.17) is 5.26 Å². The quantitative estimate of drug-likeness (QED) is 0.746. The molecule has 2 aromatic carbocycles. The van der Waals surface area contributed by atoms with Crippen molar-refractivity contribution in [1.29, 1.82) is 5.26 Å². The molecule has 0 fully saturated rings. The van der Waals surface area contributed by atoms with Crippen LogP contribution in [0.2, 0.25) is 0 Å². The minimum atomic E-state index is 0.644. The Morgan fingerprint density at radius 1 is 1.12 bits per heavy atom. The van der Waals surface area contributed by atoms with E-state index < -0.39 is 0 Å². The maximum atomic E-state index is 8.79. The van der Waals surface area contributed by atoms with Crippen LogP contribution in [0, 0.1) is 14.9 Å². The maximum absolute atomic E-state index is 8.79. The van der Waals surface area contributed by atoms with Gasteiger partial charge in [-0.15, -0.1) is 0 Å². The summed E-state index contributed by atoms with van der Waals surface area (Å²) in [6, 6.07) is 15.7. The van der Waals surface area contributed by atoms with Gasteiger partial charge in [0.15, 0.2) is 0 Å². The molecule has 0 aliphatic rings. The number of hydrogen-bond acceptors (Lipinski definition) is 2. The summed E-state index contributed by atoms with van der Waals surface area (Å²) < 4.78 is 2.04. The molecule has 0 unspecified atom stereocenters. The fourth-order valence-corrected chi connectivity index (χ4v) is 2.39. The van der Waals surface area contributed by atoms with Gasteiger partial charge in [0.25, 0.3) is 0 Å². The van der Waals surface area contributed by atoms with E-state index in [1.807, 2.05) is 30.3 Å². The average molecular weight is 399 g/mol. The molecule has 0 spiro atoms. The van der Waals surface area contributed by atoms with Crippen LogP contribution in [-0.2, 0) is 0 Å².